The van der Waals surface area contributed by atoms with Gasteiger partial charge in [0.25, 0.3) is 0 Å². The number of piperidine rings is 1. The van der Waals surface area contributed by atoms with Crippen LogP contribution in [0, 0.1) is 5.92 Å². The molecule has 2 amide bonds. The van der Waals surface area contributed by atoms with E-state index in [1.54, 1.807) is 7.11 Å². The zero-order valence-corrected chi connectivity index (χ0v) is 15.9. The van der Waals surface area contributed by atoms with Gasteiger partial charge in [-0.3, -0.25) is 14.5 Å². The molecule has 0 radical (unpaired) electrons. The first-order valence-corrected chi connectivity index (χ1v) is 9.41. The Morgan fingerprint density at radius 2 is 1.88 bits per heavy atom. The summed E-state index contributed by atoms with van der Waals surface area (Å²) in [6, 6.07) is 8.04. The lowest BCUT2D eigenvalue weighted by atomic mass is 9.92. The van der Waals surface area contributed by atoms with E-state index in [4.69, 9.17) is 4.74 Å². The molecular weight excluding hydrogens is 330 g/mol. The van der Waals surface area contributed by atoms with Crippen molar-refractivity contribution < 1.29 is 14.3 Å². The molecule has 0 bridgehead atoms. The number of benzene rings is 1. The second kappa shape index (κ2) is 10.9. The molecule has 0 aromatic heterocycles. The van der Waals surface area contributed by atoms with Crippen molar-refractivity contribution in [3.63, 3.8) is 0 Å². The van der Waals surface area contributed by atoms with Crippen LogP contribution in [0.25, 0.3) is 0 Å². The molecule has 0 atom stereocenters. The third-order valence-corrected chi connectivity index (χ3v) is 4.80. The molecule has 1 aliphatic heterocycles. The summed E-state index contributed by atoms with van der Waals surface area (Å²) >= 11 is 0. The number of rotatable bonds is 9. The number of nitrogens with zero attached hydrogens (tertiary/aromatic N) is 1. The summed E-state index contributed by atoms with van der Waals surface area (Å²) in [6.45, 7) is 5.75. The van der Waals surface area contributed by atoms with Gasteiger partial charge in [0.15, 0.2) is 0 Å². The van der Waals surface area contributed by atoms with E-state index in [9.17, 15) is 9.59 Å². The summed E-state index contributed by atoms with van der Waals surface area (Å²) in [5.74, 6) is 0.720. The minimum atomic E-state index is -0.0489. The summed E-state index contributed by atoms with van der Waals surface area (Å²) in [7, 11) is 1.64. The van der Waals surface area contributed by atoms with Crippen LogP contribution in [0.5, 0.6) is 0 Å². The number of carbonyl (C=O) groups excluding carboxylic acids is 2. The maximum Gasteiger partial charge on any atom is 0.221 e. The van der Waals surface area contributed by atoms with Crippen LogP contribution in [0.1, 0.15) is 38.2 Å². The molecule has 2 rings (SSSR count). The standard InChI is InChI=1S/C20H31N3O3/c1-16(24)22-19-6-3-18(4-7-19)15-23-12-9-17(10-13-23)5-8-20(25)21-11-14-26-2/h3-4,6-7,17H,5,8-15H2,1-2H3,(H,21,25)(H,22,24). The molecule has 1 heterocycles. The molecule has 1 aliphatic rings. The Hall–Kier alpha value is -1.92. The first kappa shape index (κ1) is 20.4. The number of likely N-dealkylation sites (tertiary alicyclic amines) is 1. The highest BCUT2D eigenvalue weighted by Gasteiger charge is 2.20. The molecule has 1 aromatic rings. The molecule has 6 nitrogen and oxygen atoms in total. The number of amides is 2. The molecule has 144 valence electrons. The number of hydrogen-bond acceptors (Lipinski definition) is 4. The van der Waals surface area contributed by atoms with Crippen molar-refractivity contribution in [2.45, 2.75) is 39.2 Å². The lowest BCUT2D eigenvalue weighted by molar-refractivity contribution is -0.121. The number of anilines is 1. The fourth-order valence-electron chi connectivity index (χ4n) is 3.30. The van der Waals surface area contributed by atoms with E-state index in [-0.39, 0.29) is 11.8 Å². The van der Waals surface area contributed by atoms with Crippen molar-refractivity contribution in [1.29, 1.82) is 0 Å². The number of methoxy groups -OCH3 is 1. The number of nitrogens with one attached hydrogen (secondary N) is 2. The van der Waals surface area contributed by atoms with Gasteiger partial charge in [-0.05, 0) is 56.0 Å². The van der Waals surface area contributed by atoms with Gasteiger partial charge < -0.3 is 15.4 Å². The predicted molar refractivity (Wildman–Crippen MR) is 103 cm³/mol. The van der Waals surface area contributed by atoms with Gasteiger partial charge in [-0.2, -0.15) is 0 Å². The minimum absolute atomic E-state index is 0.0489. The summed E-state index contributed by atoms with van der Waals surface area (Å²) in [5, 5.41) is 5.67. The molecule has 26 heavy (non-hydrogen) atoms. The number of hydrogen-bond donors (Lipinski definition) is 2. The van der Waals surface area contributed by atoms with Crippen molar-refractivity contribution in [2.75, 3.05) is 38.7 Å². The van der Waals surface area contributed by atoms with Crippen molar-refractivity contribution in [3.8, 4) is 0 Å². The molecule has 0 saturated carbocycles. The maximum atomic E-state index is 11.8. The largest absolute Gasteiger partial charge is 0.383 e. The van der Waals surface area contributed by atoms with Crippen molar-refractivity contribution in [3.05, 3.63) is 29.8 Å². The van der Waals surface area contributed by atoms with Crippen LogP contribution in [-0.2, 0) is 20.9 Å². The van der Waals surface area contributed by atoms with E-state index < -0.39 is 0 Å². The van der Waals surface area contributed by atoms with Crippen LogP contribution in [0.15, 0.2) is 24.3 Å². The van der Waals surface area contributed by atoms with Crippen molar-refractivity contribution >= 4 is 17.5 Å². The molecule has 1 saturated heterocycles. The highest BCUT2D eigenvalue weighted by molar-refractivity contribution is 5.88. The van der Waals surface area contributed by atoms with Crippen LogP contribution in [0.4, 0.5) is 5.69 Å². The Balaban J connectivity index is 1.65. The smallest absolute Gasteiger partial charge is 0.221 e. The Labute approximate surface area is 156 Å². The van der Waals surface area contributed by atoms with E-state index in [0.717, 1.165) is 44.6 Å². The molecule has 0 aliphatic carbocycles. The lowest BCUT2D eigenvalue weighted by Crippen LogP contribution is -2.34. The SMILES string of the molecule is COCCNC(=O)CCC1CCN(Cc2ccc(NC(C)=O)cc2)CC1. The summed E-state index contributed by atoms with van der Waals surface area (Å²) in [6.07, 6.45) is 3.88. The highest BCUT2D eigenvalue weighted by Crippen LogP contribution is 2.23. The average molecular weight is 361 g/mol. The summed E-state index contributed by atoms with van der Waals surface area (Å²) < 4.78 is 4.93. The number of ether oxygens (including phenoxy) is 1. The molecule has 1 aromatic carbocycles. The predicted octanol–water partition coefficient (Wildman–Crippen LogP) is 2.40. The van der Waals surface area contributed by atoms with E-state index in [2.05, 4.69) is 27.7 Å². The van der Waals surface area contributed by atoms with Crippen LogP contribution >= 0.6 is 0 Å². The Bertz CT molecular complexity index is 566. The maximum absolute atomic E-state index is 11.8. The third kappa shape index (κ3) is 7.54. The second-order valence-electron chi connectivity index (χ2n) is 6.98. The van der Waals surface area contributed by atoms with Gasteiger partial charge in [-0.15, -0.1) is 0 Å². The highest BCUT2D eigenvalue weighted by atomic mass is 16.5. The molecular formula is C20H31N3O3. The van der Waals surface area contributed by atoms with Gasteiger partial charge in [0.05, 0.1) is 6.61 Å². The van der Waals surface area contributed by atoms with Crippen LogP contribution in [-0.4, -0.2) is 50.1 Å². The van der Waals surface area contributed by atoms with Crippen LogP contribution in [0.2, 0.25) is 0 Å². The summed E-state index contributed by atoms with van der Waals surface area (Å²) in [4.78, 5) is 25.3. The van der Waals surface area contributed by atoms with Gasteiger partial charge >= 0.3 is 0 Å². The van der Waals surface area contributed by atoms with E-state index in [0.29, 0.717) is 25.5 Å². The minimum Gasteiger partial charge on any atom is -0.383 e. The molecule has 1 fully saturated rings. The van der Waals surface area contributed by atoms with Gasteiger partial charge in [0, 0.05) is 39.2 Å². The molecule has 6 heteroatoms. The van der Waals surface area contributed by atoms with E-state index in [1.807, 2.05) is 12.1 Å². The average Bonchev–Trinajstić information content (AvgIpc) is 2.62. The molecule has 0 unspecified atom stereocenters. The zero-order chi connectivity index (χ0) is 18.8. The van der Waals surface area contributed by atoms with Crippen molar-refractivity contribution in [1.82, 2.24) is 10.2 Å². The van der Waals surface area contributed by atoms with Crippen LogP contribution in [0.3, 0.4) is 0 Å². The zero-order valence-electron chi connectivity index (χ0n) is 15.9. The van der Waals surface area contributed by atoms with E-state index in [1.165, 1.54) is 12.5 Å². The number of carbonyl (C=O) groups is 2. The molecule has 2 N–H and O–H groups in total. The van der Waals surface area contributed by atoms with Gasteiger partial charge in [0.2, 0.25) is 11.8 Å². The Morgan fingerprint density at radius 3 is 2.50 bits per heavy atom. The quantitative estimate of drug-likeness (QED) is 0.663. The second-order valence-corrected chi connectivity index (χ2v) is 6.98. The Morgan fingerprint density at radius 1 is 1.19 bits per heavy atom. The fourth-order valence-corrected chi connectivity index (χ4v) is 3.30. The normalized spacial score (nSPS) is 15.6. The van der Waals surface area contributed by atoms with E-state index >= 15 is 0 Å². The topological polar surface area (TPSA) is 70.7 Å². The summed E-state index contributed by atoms with van der Waals surface area (Å²) in [5.41, 5.74) is 2.10. The first-order valence-electron chi connectivity index (χ1n) is 9.41. The lowest BCUT2D eigenvalue weighted by Gasteiger charge is -2.32. The van der Waals surface area contributed by atoms with Crippen molar-refractivity contribution in [2.24, 2.45) is 5.92 Å². The monoisotopic (exact) mass is 361 g/mol. The van der Waals surface area contributed by atoms with Gasteiger partial charge in [-0.1, -0.05) is 12.1 Å². The first-order chi connectivity index (χ1) is 12.6. The van der Waals surface area contributed by atoms with Gasteiger partial charge in [-0.25, -0.2) is 0 Å². The van der Waals surface area contributed by atoms with Gasteiger partial charge in [0.1, 0.15) is 0 Å². The van der Waals surface area contributed by atoms with Crippen LogP contribution < -0.4 is 10.6 Å². The Kier molecular flexibility index (Phi) is 8.58. The fraction of sp³-hybridized carbons (Fsp3) is 0.600. The molecule has 0 spiro atoms. The third-order valence-electron chi connectivity index (χ3n) is 4.80.